The van der Waals surface area contributed by atoms with E-state index >= 15 is 0 Å². The minimum Gasteiger partial charge on any atom is -0.373 e. The van der Waals surface area contributed by atoms with Crippen LogP contribution in [0.2, 0.25) is 0 Å². The van der Waals surface area contributed by atoms with Crippen LogP contribution in [0.4, 0.5) is 5.69 Å². The topological polar surface area (TPSA) is 44.0 Å². The number of nitrogens with zero attached hydrogens (tertiary/aromatic N) is 2. The Balaban J connectivity index is 1.64. The zero-order chi connectivity index (χ0) is 13.2. The van der Waals surface area contributed by atoms with Crippen LogP contribution in [0.1, 0.15) is 17.0 Å². The van der Waals surface area contributed by atoms with Gasteiger partial charge in [-0.15, -0.1) is 0 Å². The highest BCUT2D eigenvalue weighted by Gasteiger charge is 2.21. The molecule has 0 amide bonds. The largest absolute Gasteiger partial charge is 0.373 e. The SMILES string of the molecule is Cc1ccc(N(C)CC2Cc3nc[nH]c3CN2)cc1. The lowest BCUT2D eigenvalue weighted by molar-refractivity contribution is 0.472. The summed E-state index contributed by atoms with van der Waals surface area (Å²) in [7, 11) is 2.15. The lowest BCUT2D eigenvalue weighted by atomic mass is 10.0. The van der Waals surface area contributed by atoms with E-state index in [2.05, 4.69) is 58.4 Å². The number of benzene rings is 1. The lowest BCUT2D eigenvalue weighted by Gasteiger charge is -2.29. The van der Waals surface area contributed by atoms with E-state index in [0.717, 1.165) is 19.5 Å². The van der Waals surface area contributed by atoms with Crippen LogP contribution in [-0.2, 0) is 13.0 Å². The second-order valence-electron chi connectivity index (χ2n) is 5.33. The van der Waals surface area contributed by atoms with Crippen LogP contribution in [0.25, 0.3) is 0 Å². The molecule has 100 valence electrons. The molecule has 0 saturated heterocycles. The molecule has 1 aliphatic heterocycles. The smallest absolute Gasteiger partial charge is 0.0925 e. The van der Waals surface area contributed by atoms with Gasteiger partial charge in [0.2, 0.25) is 0 Å². The predicted octanol–water partition coefficient (Wildman–Crippen LogP) is 1.87. The Kier molecular flexibility index (Phi) is 3.25. The molecule has 1 unspecified atom stereocenters. The van der Waals surface area contributed by atoms with Gasteiger partial charge in [0.1, 0.15) is 0 Å². The van der Waals surface area contributed by atoms with Crippen molar-refractivity contribution in [1.82, 2.24) is 15.3 Å². The maximum atomic E-state index is 4.38. The molecule has 4 nitrogen and oxygen atoms in total. The van der Waals surface area contributed by atoms with Crippen molar-refractivity contribution in [2.45, 2.75) is 25.9 Å². The number of aryl methyl sites for hydroxylation is 1. The van der Waals surface area contributed by atoms with Gasteiger partial charge in [-0.25, -0.2) is 4.98 Å². The minimum absolute atomic E-state index is 0.460. The average Bonchev–Trinajstić information content (AvgIpc) is 2.87. The number of imidazole rings is 1. The van der Waals surface area contributed by atoms with E-state index < -0.39 is 0 Å². The van der Waals surface area contributed by atoms with Gasteiger partial charge >= 0.3 is 0 Å². The number of likely N-dealkylation sites (N-methyl/N-ethyl adjacent to an activating group) is 1. The molecule has 1 atom stereocenters. The van der Waals surface area contributed by atoms with E-state index in [4.69, 9.17) is 0 Å². The number of fused-ring (bicyclic) bond motifs is 1. The third kappa shape index (κ3) is 2.63. The fourth-order valence-corrected chi connectivity index (χ4v) is 2.59. The Labute approximate surface area is 113 Å². The van der Waals surface area contributed by atoms with E-state index in [1.165, 1.54) is 22.6 Å². The summed E-state index contributed by atoms with van der Waals surface area (Å²) in [5.74, 6) is 0. The normalized spacial score (nSPS) is 18.1. The number of aromatic nitrogens is 2. The van der Waals surface area contributed by atoms with Gasteiger partial charge in [-0.1, -0.05) is 17.7 Å². The van der Waals surface area contributed by atoms with E-state index in [9.17, 15) is 0 Å². The van der Waals surface area contributed by atoms with Gasteiger partial charge in [-0.05, 0) is 19.1 Å². The highest BCUT2D eigenvalue weighted by Crippen LogP contribution is 2.17. The maximum absolute atomic E-state index is 4.38. The number of aromatic amines is 1. The first-order valence-electron chi connectivity index (χ1n) is 6.74. The Morgan fingerprint density at radius 2 is 2.11 bits per heavy atom. The second kappa shape index (κ2) is 5.05. The third-order valence-electron chi connectivity index (χ3n) is 3.78. The summed E-state index contributed by atoms with van der Waals surface area (Å²) in [6.07, 6.45) is 2.79. The van der Waals surface area contributed by atoms with Gasteiger partial charge in [0, 0.05) is 38.3 Å². The van der Waals surface area contributed by atoms with Crippen LogP contribution >= 0.6 is 0 Å². The predicted molar refractivity (Wildman–Crippen MR) is 77.4 cm³/mol. The Morgan fingerprint density at radius 3 is 2.89 bits per heavy atom. The molecule has 0 saturated carbocycles. The second-order valence-corrected chi connectivity index (χ2v) is 5.33. The first kappa shape index (κ1) is 12.2. The van der Waals surface area contributed by atoms with Gasteiger partial charge in [0.25, 0.3) is 0 Å². The van der Waals surface area contributed by atoms with Crippen LogP contribution in [0.5, 0.6) is 0 Å². The van der Waals surface area contributed by atoms with Crippen molar-refractivity contribution < 1.29 is 0 Å². The Bertz CT molecular complexity index is 544. The minimum atomic E-state index is 0.460. The summed E-state index contributed by atoms with van der Waals surface area (Å²) in [6, 6.07) is 9.14. The standard InChI is InChI=1S/C15H20N4/c1-11-3-5-13(6-4-11)19(2)9-12-7-14-15(8-16-12)18-10-17-14/h3-6,10,12,16H,7-9H2,1-2H3,(H,17,18). The number of hydrogen-bond donors (Lipinski definition) is 2. The number of H-pyrrole nitrogens is 1. The van der Waals surface area contributed by atoms with Crippen LogP contribution in [0.15, 0.2) is 30.6 Å². The van der Waals surface area contributed by atoms with Crippen LogP contribution in [-0.4, -0.2) is 29.6 Å². The first-order chi connectivity index (χ1) is 9.22. The molecule has 0 aliphatic carbocycles. The molecule has 1 aromatic carbocycles. The molecule has 0 bridgehead atoms. The molecule has 1 aromatic heterocycles. The molecular weight excluding hydrogens is 236 g/mol. The molecule has 19 heavy (non-hydrogen) atoms. The average molecular weight is 256 g/mol. The van der Waals surface area contributed by atoms with E-state index in [1.54, 1.807) is 6.33 Å². The number of nitrogens with one attached hydrogen (secondary N) is 2. The summed E-state index contributed by atoms with van der Waals surface area (Å²) in [4.78, 5) is 9.87. The van der Waals surface area contributed by atoms with Crippen molar-refractivity contribution in [2.75, 3.05) is 18.5 Å². The van der Waals surface area contributed by atoms with E-state index in [1.807, 2.05) is 0 Å². The fourth-order valence-electron chi connectivity index (χ4n) is 2.59. The summed E-state index contributed by atoms with van der Waals surface area (Å²) in [5, 5.41) is 3.56. The van der Waals surface area contributed by atoms with Gasteiger partial charge in [0.15, 0.2) is 0 Å². The van der Waals surface area contributed by atoms with Crippen molar-refractivity contribution in [3.8, 4) is 0 Å². The summed E-state index contributed by atoms with van der Waals surface area (Å²) in [6.45, 7) is 4.00. The Morgan fingerprint density at radius 1 is 1.32 bits per heavy atom. The highest BCUT2D eigenvalue weighted by molar-refractivity contribution is 5.47. The molecule has 2 heterocycles. The zero-order valence-electron chi connectivity index (χ0n) is 11.5. The molecule has 1 aliphatic rings. The van der Waals surface area contributed by atoms with Crippen molar-refractivity contribution in [3.05, 3.63) is 47.5 Å². The molecule has 0 spiro atoms. The van der Waals surface area contributed by atoms with Crippen LogP contribution in [0.3, 0.4) is 0 Å². The van der Waals surface area contributed by atoms with Crippen LogP contribution in [0, 0.1) is 6.92 Å². The number of hydrogen-bond acceptors (Lipinski definition) is 3. The summed E-state index contributed by atoms with van der Waals surface area (Å²) >= 11 is 0. The lowest BCUT2D eigenvalue weighted by Crippen LogP contribution is -2.43. The highest BCUT2D eigenvalue weighted by atomic mass is 15.1. The molecule has 0 radical (unpaired) electrons. The molecule has 4 heteroatoms. The monoisotopic (exact) mass is 256 g/mol. The quantitative estimate of drug-likeness (QED) is 0.881. The van der Waals surface area contributed by atoms with Gasteiger partial charge in [0.05, 0.1) is 17.7 Å². The first-order valence-corrected chi connectivity index (χ1v) is 6.74. The molecule has 2 aromatic rings. The number of anilines is 1. The Hall–Kier alpha value is -1.81. The van der Waals surface area contributed by atoms with Crippen molar-refractivity contribution in [2.24, 2.45) is 0 Å². The van der Waals surface area contributed by atoms with Gasteiger partial charge in [-0.3, -0.25) is 0 Å². The molecular formula is C15H20N4. The summed E-state index contributed by atoms with van der Waals surface area (Å²) in [5.41, 5.74) is 5.00. The van der Waals surface area contributed by atoms with Gasteiger partial charge < -0.3 is 15.2 Å². The molecule has 0 fully saturated rings. The molecule has 3 rings (SSSR count). The zero-order valence-corrected chi connectivity index (χ0v) is 11.5. The number of rotatable bonds is 3. The summed E-state index contributed by atoms with van der Waals surface area (Å²) < 4.78 is 0. The van der Waals surface area contributed by atoms with Gasteiger partial charge in [-0.2, -0.15) is 0 Å². The van der Waals surface area contributed by atoms with Crippen molar-refractivity contribution >= 4 is 5.69 Å². The van der Waals surface area contributed by atoms with E-state index in [0.29, 0.717) is 6.04 Å². The molecule has 2 N–H and O–H groups in total. The maximum Gasteiger partial charge on any atom is 0.0925 e. The van der Waals surface area contributed by atoms with Crippen molar-refractivity contribution in [3.63, 3.8) is 0 Å². The fraction of sp³-hybridized carbons (Fsp3) is 0.400. The van der Waals surface area contributed by atoms with Crippen molar-refractivity contribution in [1.29, 1.82) is 0 Å². The third-order valence-corrected chi connectivity index (χ3v) is 3.78. The van der Waals surface area contributed by atoms with Crippen LogP contribution < -0.4 is 10.2 Å². The van der Waals surface area contributed by atoms with E-state index in [-0.39, 0.29) is 0 Å².